The molecule has 15 heavy (non-hydrogen) atoms. The Labute approximate surface area is 93.3 Å². The van der Waals surface area contributed by atoms with Gasteiger partial charge < -0.3 is 5.11 Å². The van der Waals surface area contributed by atoms with Crippen molar-refractivity contribution >= 4 is 0 Å². The fraction of sp³-hybridized carbons (Fsp3) is 1.00. The first-order chi connectivity index (χ1) is 6.96. The SMILES string of the molecule is C[C@@H]1CC[C@H]2C(C)(C)C[C@H]3CC[C@@H]1[C@]32O. The predicted molar refractivity (Wildman–Crippen MR) is 61.4 cm³/mol. The largest absolute Gasteiger partial charge is 0.389 e. The van der Waals surface area contributed by atoms with Crippen LogP contribution in [0.5, 0.6) is 0 Å². The van der Waals surface area contributed by atoms with Gasteiger partial charge in [0.2, 0.25) is 0 Å². The molecule has 0 aliphatic heterocycles. The summed E-state index contributed by atoms with van der Waals surface area (Å²) in [6.45, 7) is 7.11. The van der Waals surface area contributed by atoms with Crippen LogP contribution < -0.4 is 0 Å². The average Bonchev–Trinajstić information content (AvgIpc) is 2.53. The number of hydrogen-bond donors (Lipinski definition) is 1. The molecule has 3 aliphatic carbocycles. The summed E-state index contributed by atoms with van der Waals surface area (Å²) in [7, 11) is 0. The van der Waals surface area contributed by atoms with Crippen molar-refractivity contribution in [3.05, 3.63) is 0 Å². The van der Waals surface area contributed by atoms with E-state index in [-0.39, 0.29) is 5.60 Å². The van der Waals surface area contributed by atoms with Gasteiger partial charge in [0.1, 0.15) is 0 Å². The van der Waals surface area contributed by atoms with E-state index in [1.807, 2.05) is 0 Å². The molecule has 3 aliphatic rings. The third-order valence-electron chi connectivity index (χ3n) is 5.95. The lowest BCUT2D eigenvalue weighted by Gasteiger charge is -2.47. The van der Waals surface area contributed by atoms with Crippen LogP contribution in [0.1, 0.15) is 52.9 Å². The van der Waals surface area contributed by atoms with Gasteiger partial charge in [0.15, 0.2) is 0 Å². The molecule has 0 aromatic rings. The van der Waals surface area contributed by atoms with E-state index in [1.54, 1.807) is 0 Å². The van der Waals surface area contributed by atoms with Crippen LogP contribution in [0.25, 0.3) is 0 Å². The summed E-state index contributed by atoms with van der Waals surface area (Å²) in [4.78, 5) is 0. The molecule has 3 saturated carbocycles. The van der Waals surface area contributed by atoms with Crippen LogP contribution in [0, 0.1) is 29.1 Å². The second-order valence-electron chi connectivity index (χ2n) is 7.07. The topological polar surface area (TPSA) is 20.2 Å². The summed E-state index contributed by atoms with van der Waals surface area (Å²) < 4.78 is 0. The molecular formula is C14H24O. The van der Waals surface area contributed by atoms with Gasteiger partial charge in [0.25, 0.3) is 0 Å². The molecule has 0 saturated heterocycles. The molecule has 1 N–H and O–H groups in total. The van der Waals surface area contributed by atoms with Crippen molar-refractivity contribution in [2.45, 2.75) is 58.5 Å². The first-order valence-corrected chi connectivity index (χ1v) is 6.68. The molecule has 5 atom stereocenters. The van der Waals surface area contributed by atoms with Crippen LogP contribution >= 0.6 is 0 Å². The molecule has 86 valence electrons. The molecule has 0 aromatic carbocycles. The highest BCUT2D eigenvalue weighted by atomic mass is 16.3. The summed E-state index contributed by atoms with van der Waals surface area (Å²) in [5.74, 6) is 2.57. The first kappa shape index (κ1) is 10.1. The summed E-state index contributed by atoms with van der Waals surface area (Å²) in [6.07, 6.45) is 6.43. The Morgan fingerprint density at radius 2 is 1.80 bits per heavy atom. The standard InChI is InChI=1S/C14H24O/c1-9-4-7-12-13(2,3)8-10-5-6-11(9)14(10,12)15/h9-12,15H,4-8H2,1-3H3/t9-,10-,11+,12+,14-/m1/s1. The van der Waals surface area contributed by atoms with E-state index in [2.05, 4.69) is 20.8 Å². The van der Waals surface area contributed by atoms with Gasteiger partial charge in [0.05, 0.1) is 5.60 Å². The molecule has 1 heteroatoms. The van der Waals surface area contributed by atoms with Gasteiger partial charge in [-0.05, 0) is 61.2 Å². The highest BCUT2D eigenvalue weighted by molar-refractivity contribution is 5.15. The minimum Gasteiger partial charge on any atom is -0.389 e. The molecule has 0 amide bonds. The minimum atomic E-state index is -0.277. The summed E-state index contributed by atoms with van der Waals surface area (Å²) in [5, 5.41) is 11.1. The van der Waals surface area contributed by atoms with Gasteiger partial charge in [-0.15, -0.1) is 0 Å². The van der Waals surface area contributed by atoms with Crippen molar-refractivity contribution < 1.29 is 5.11 Å². The molecule has 0 heterocycles. The fourth-order valence-corrected chi connectivity index (χ4v) is 5.35. The third kappa shape index (κ3) is 1.08. The number of aliphatic hydroxyl groups is 1. The van der Waals surface area contributed by atoms with Crippen molar-refractivity contribution in [2.24, 2.45) is 29.1 Å². The van der Waals surface area contributed by atoms with Crippen LogP contribution in [0.4, 0.5) is 0 Å². The Kier molecular flexibility index (Phi) is 1.89. The van der Waals surface area contributed by atoms with Crippen molar-refractivity contribution in [1.29, 1.82) is 0 Å². The van der Waals surface area contributed by atoms with E-state index in [1.165, 1.54) is 32.1 Å². The van der Waals surface area contributed by atoms with Crippen LogP contribution in [0.3, 0.4) is 0 Å². The van der Waals surface area contributed by atoms with Crippen LogP contribution in [0.2, 0.25) is 0 Å². The van der Waals surface area contributed by atoms with Gasteiger partial charge in [-0.1, -0.05) is 20.8 Å². The van der Waals surface area contributed by atoms with E-state index in [0.29, 0.717) is 23.2 Å². The molecule has 0 bridgehead atoms. The molecule has 1 nitrogen and oxygen atoms in total. The zero-order valence-electron chi connectivity index (χ0n) is 10.3. The van der Waals surface area contributed by atoms with Gasteiger partial charge in [-0.2, -0.15) is 0 Å². The molecule has 0 aromatic heterocycles. The van der Waals surface area contributed by atoms with Crippen molar-refractivity contribution in [2.75, 3.05) is 0 Å². The molecule has 0 spiro atoms. The summed E-state index contributed by atoms with van der Waals surface area (Å²) >= 11 is 0. The maximum Gasteiger partial charge on any atom is 0.0739 e. The Morgan fingerprint density at radius 1 is 1.07 bits per heavy atom. The maximum absolute atomic E-state index is 11.1. The molecule has 0 radical (unpaired) electrons. The highest BCUT2D eigenvalue weighted by Gasteiger charge is 2.65. The van der Waals surface area contributed by atoms with E-state index in [9.17, 15) is 5.11 Å². The smallest absolute Gasteiger partial charge is 0.0739 e. The minimum absolute atomic E-state index is 0.277. The lowest BCUT2D eigenvalue weighted by Crippen LogP contribution is -2.50. The Balaban J connectivity index is 2.03. The number of rotatable bonds is 0. The lowest BCUT2D eigenvalue weighted by atomic mass is 9.62. The predicted octanol–water partition coefficient (Wildman–Crippen LogP) is 3.22. The second kappa shape index (κ2) is 2.80. The summed E-state index contributed by atoms with van der Waals surface area (Å²) in [5.41, 5.74) is 0.111. The van der Waals surface area contributed by atoms with Gasteiger partial charge in [0, 0.05) is 0 Å². The Bertz CT molecular complexity index is 283. The fourth-order valence-electron chi connectivity index (χ4n) is 5.35. The van der Waals surface area contributed by atoms with Gasteiger partial charge >= 0.3 is 0 Å². The van der Waals surface area contributed by atoms with E-state index < -0.39 is 0 Å². The van der Waals surface area contributed by atoms with Gasteiger partial charge in [-0.3, -0.25) is 0 Å². The van der Waals surface area contributed by atoms with Gasteiger partial charge in [-0.25, -0.2) is 0 Å². The van der Waals surface area contributed by atoms with Crippen LogP contribution in [-0.2, 0) is 0 Å². The quantitative estimate of drug-likeness (QED) is 0.648. The summed E-state index contributed by atoms with van der Waals surface area (Å²) in [6, 6.07) is 0. The van der Waals surface area contributed by atoms with Crippen molar-refractivity contribution in [3.8, 4) is 0 Å². The zero-order valence-corrected chi connectivity index (χ0v) is 10.3. The Morgan fingerprint density at radius 3 is 2.53 bits per heavy atom. The highest BCUT2D eigenvalue weighted by Crippen LogP contribution is 2.66. The van der Waals surface area contributed by atoms with Crippen LogP contribution in [0.15, 0.2) is 0 Å². The monoisotopic (exact) mass is 208 g/mol. The van der Waals surface area contributed by atoms with E-state index in [0.717, 1.165) is 5.92 Å². The first-order valence-electron chi connectivity index (χ1n) is 6.68. The lowest BCUT2D eigenvalue weighted by molar-refractivity contribution is -0.113. The van der Waals surface area contributed by atoms with Crippen LogP contribution in [-0.4, -0.2) is 10.7 Å². The average molecular weight is 208 g/mol. The van der Waals surface area contributed by atoms with E-state index >= 15 is 0 Å². The normalized spacial score (nSPS) is 56.8. The molecule has 3 fully saturated rings. The second-order valence-corrected chi connectivity index (χ2v) is 7.07. The van der Waals surface area contributed by atoms with E-state index in [4.69, 9.17) is 0 Å². The van der Waals surface area contributed by atoms with Crippen molar-refractivity contribution in [3.63, 3.8) is 0 Å². The Hall–Kier alpha value is -0.0400. The number of hydrogen-bond acceptors (Lipinski definition) is 1. The zero-order chi connectivity index (χ0) is 10.8. The molecule has 3 rings (SSSR count). The molecule has 0 unspecified atom stereocenters. The van der Waals surface area contributed by atoms with Crippen molar-refractivity contribution in [1.82, 2.24) is 0 Å². The molecular weight excluding hydrogens is 184 g/mol. The maximum atomic E-state index is 11.1. The third-order valence-corrected chi connectivity index (χ3v) is 5.95.